The Hall–Kier alpha value is -3.61. The van der Waals surface area contributed by atoms with Crippen LogP contribution in [0.25, 0.3) is 0 Å². The number of aryl methyl sites for hydroxylation is 4. The number of carboxylic acid groups (broad SMARTS) is 1. The van der Waals surface area contributed by atoms with E-state index in [0.29, 0.717) is 37.6 Å². The van der Waals surface area contributed by atoms with E-state index in [0.717, 1.165) is 28.2 Å². The number of carboxylic acids is 1. The van der Waals surface area contributed by atoms with Crippen LogP contribution in [-0.2, 0) is 12.8 Å². The summed E-state index contributed by atoms with van der Waals surface area (Å²) in [6, 6.07) is 11.9. The zero-order valence-electron chi connectivity index (χ0n) is 18.9. The van der Waals surface area contributed by atoms with E-state index in [1.54, 1.807) is 7.11 Å². The first-order valence-electron chi connectivity index (χ1n) is 10.5. The molecule has 0 amide bonds. The molecule has 3 rings (SSSR count). The van der Waals surface area contributed by atoms with Crippen molar-refractivity contribution in [2.45, 2.75) is 33.6 Å². The smallest absolute Gasteiger partial charge is 0.339 e. The Morgan fingerprint density at radius 1 is 1.06 bits per heavy atom. The summed E-state index contributed by atoms with van der Waals surface area (Å²) in [7, 11) is 1.64. The molecule has 3 aromatic rings. The summed E-state index contributed by atoms with van der Waals surface area (Å²) in [5.74, 6) is 1.01. The van der Waals surface area contributed by atoms with Gasteiger partial charge in [0.1, 0.15) is 18.1 Å². The zero-order chi connectivity index (χ0) is 23.1. The first kappa shape index (κ1) is 23.1. The molecule has 0 unspecified atom stereocenters. The highest BCUT2D eigenvalue weighted by molar-refractivity contribution is 5.88. The molecule has 1 heterocycles. The molecule has 0 bridgehead atoms. The van der Waals surface area contributed by atoms with E-state index < -0.39 is 5.97 Å². The average molecular weight is 436 g/mol. The van der Waals surface area contributed by atoms with Crippen molar-refractivity contribution < 1.29 is 19.4 Å². The van der Waals surface area contributed by atoms with Gasteiger partial charge < -0.3 is 19.9 Å². The SMILES string of the molecule is COc1cc(CCc2nc(NCCOc3cccc(C)c3C)ncc2C(=O)O)ccc1C. The normalized spacial score (nSPS) is 10.6. The topological polar surface area (TPSA) is 93.6 Å². The van der Waals surface area contributed by atoms with Crippen LogP contribution >= 0.6 is 0 Å². The second kappa shape index (κ2) is 10.6. The summed E-state index contributed by atoms with van der Waals surface area (Å²) >= 11 is 0. The number of hydrogen-bond donors (Lipinski definition) is 2. The third-order valence-corrected chi connectivity index (χ3v) is 5.42. The maximum atomic E-state index is 11.6. The van der Waals surface area contributed by atoms with Crippen LogP contribution in [0, 0.1) is 20.8 Å². The van der Waals surface area contributed by atoms with Crippen LogP contribution in [0.1, 0.15) is 38.3 Å². The lowest BCUT2D eigenvalue weighted by Crippen LogP contribution is -2.16. The van der Waals surface area contributed by atoms with Crippen molar-refractivity contribution in [1.29, 1.82) is 0 Å². The fourth-order valence-electron chi connectivity index (χ4n) is 3.36. The van der Waals surface area contributed by atoms with Crippen LogP contribution < -0.4 is 14.8 Å². The lowest BCUT2D eigenvalue weighted by Gasteiger charge is -2.12. The van der Waals surface area contributed by atoms with Crippen LogP contribution in [-0.4, -0.2) is 41.3 Å². The van der Waals surface area contributed by atoms with Gasteiger partial charge in [0, 0.05) is 6.20 Å². The molecule has 0 saturated carbocycles. The Morgan fingerprint density at radius 3 is 2.62 bits per heavy atom. The quantitative estimate of drug-likeness (QED) is 0.456. The second-order valence-corrected chi connectivity index (χ2v) is 7.64. The predicted molar refractivity (Wildman–Crippen MR) is 124 cm³/mol. The van der Waals surface area contributed by atoms with Gasteiger partial charge in [0.05, 0.1) is 24.9 Å². The van der Waals surface area contributed by atoms with E-state index in [1.807, 2.05) is 57.2 Å². The van der Waals surface area contributed by atoms with Gasteiger partial charge in [0.2, 0.25) is 5.95 Å². The predicted octanol–water partition coefficient (Wildman–Crippen LogP) is 4.38. The van der Waals surface area contributed by atoms with Gasteiger partial charge >= 0.3 is 5.97 Å². The molecule has 1 aromatic heterocycles. The Labute approximate surface area is 188 Å². The Kier molecular flexibility index (Phi) is 7.65. The van der Waals surface area contributed by atoms with Crippen LogP contribution in [0.2, 0.25) is 0 Å². The van der Waals surface area contributed by atoms with Gasteiger partial charge in [-0.1, -0.05) is 24.3 Å². The molecule has 7 nitrogen and oxygen atoms in total. The highest BCUT2D eigenvalue weighted by Crippen LogP contribution is 2.21. The molecule has 32 heavy (non-hydrogen) atoms. The molecule has 0 saturated heterocycles. The fourth-order valence-corrected chi connectivity index (χ4v) is 3.36. The molecule has 0 radical (unpaired) electrons. The first-order valence-corrected chi connectivity index (χ1v) is 10.5. The van der Waals surface area contributed by atoms with Crippen LogP contribution in [0.5, 0.6) is 11.5 Å². The molecule has 7 heteroatoms. The maximum Gasteiger partial charge on any atom is 0.339 e. The number of carbonyl (C=O) groups is 1. The van der Waals surface area contributed by atoms with Crippen molar-refractivity contribution in [2.75, 3.05) is 25.6 Å². The number of aromatic nitrogens is 2. The summed E-state index contributed by atoms with van der Waals surface area (Å²) in [5.41, 5.74) is 5.01. The first-order chi connectivity index (χ1) is 15.4. The molecular weight excluding hydrogens is 406 g/mol. The third kappa shape index (κ3) is 5.75. The number of hydrogen-bond acceptors (Lipinski definition) is 6. The lowest BCUT2D eigenvalue weighted by atomic mass is 10.0. The number of nitrogens with zero attached hydrogens (tertiary/aromatic N) is 2. The minimum absolute atomic E-state index is 0.112. The molecule has 2 aromatic carbocycles. The monoisotopic (exact) mass is 435 g/mol. The Bertz CT molecular complexity index is 1100. The summed E-state index contributed by atoms with van der Waals surface area (Å²) in [6.45, 7) is 6.99. The lowest BCUT2D eigenvalue weighted by molar-refractivity contribution is 0.0694. The van der Waals surface area contributed by atoms with Crippen molar-refractivity contribution in [3.63, 3.8) is 0 Å². The van der Waals surface area contributed by atoms with Crippen LogP contribution in [0.15, 0.2) is 42.6 Å². The van der Waals surface area contributed by atoms with Crippen molar-refractivity contribution in [3.05, 3.63) is 76.1 Å². The molecular formula is C25H29N3O4. The molecule has 0 aliphatic heterocycles. The third-order valence-electron chi connectivity index (χ3n) is 5.42. The van der Waals surface area contributed by atoms with Crippen LogP contribution in [0.4, 0.5) is 5.95 Å². The summed E-state index contributed by atoms with van der Waals surface area (Å²) in [5, 5.41) is 12.6. The van der Waals surface area contributed by atoms with Crippen LogP contribution in [0.3, 0.4) is 0 Å². The van der Waals surface area contributed by atoms with Crippen molar-refractivity contribution in [3.8, 4) is 11.5 Å². The van der Waals surface area contributed by atoms with Gasteiger partial charge in [-0.15, -0.1) is 0 Å². The number of ether oxygens (including phenoxy) is 2. The van der Waals surface area contributed by atoms with E-state index >= 15 is 0 Å². The summed E-state index contributed by atoms with van der Waals surface area (Å²) in [6.07, 6.45) is 2.47. The molecule has 168 valence electrons. The largest absolute Gasteiger partial charge is 0.496 e. The molecule has 0 aliphatic carbocycles. The van der Waals surface area contributed by atoms with E-state index in [2.05, 4.69) is 15.3 Å². The molecule has 0 spiro atoms. The maximum absolute atomic E-state index is 11.6. The van der Waals surface area contributed by atoms with Gasteiger partial charge in [0.15, 0.2) is 0 Å². The molecule has 0 atom stereocenters. The van der Waals surface area contributed by atoms with Gasteiger partial charge in [-0.2, -0.15) is 0 Å². The fraction of sp³-hybridized carbons (Fsp3) is 0.320. The Balaban J connectivity index is 1.63. The number of anilines is 1. The number of benzene rings is 2. The van der Waals surface area contributed by atoms with E-state index in [9.17, 15) is 9.90 Å². The number of nitrogens with one attached hydrogen (secondary N) is 1. The average Bonchev–Trinajstić information content (AvgIpc) is 2.78. The summed E-state index contributed by atoms with van der Waals surface area (Å²) < 4.78 is 11.2. The number of aromatic carboxylic acids is 1. The van der Waals surface area contributed by atoms with E-state index in [-0.39, 0.29) is 5.56 Å². The van der Waals surface area contributed by atoms with Crippen molar-refractivity contribution in [2.24, 2.45) is 0 Å². The summed E-state index contributed by atoms with van der Waals surface area (Å²) in [4.78, 5) is 20.2. The molecule has 0 fully saturated rings. The highest BCUT2D eigenvalue weighted by Gasteiger charge is 2.14. The minimum Gasteiger partial charge on any atom is -0.496 e. The Morgan fingerprint density at radius 2 is 1.88 bits per heavy atom. The van der Waals surface area contributed by atoms with Gasteiger partial charge in [-0.3, -0.25) is 0 Å². The molecule has 0 aliphatic rings. The van der Waals surface area contributed by atoms with Crippen molar-refractivity contribution >= 4 is 11.9 Å². The number of methoxy groups -OCH3 is 1. The second-order valence-electron chi connectivity index (χ2n) is 7.64. The zero-order valence-corrected chi connectivity index (χ0v) is 18.9. The van der Waals surface area contributed by atoms with Gasteiger partial charge in [-0.05, 0) is 68.0 Å². The molecule has 2 N–H and O–H groups in total. The number of rotatable bonds is 10. The minimum atomic E-state index is -1.04. The van der Waals surface area contributed by atoms with Gasteiger partial charge in [0.25, 0.3) is 0 Å². The standard InChI is InChI=1S/C25H29N3O4/c1-16-6-5-7-22(18(16)3)32-13-12-26-25-27-15-20(24(29)30)21(28-25)11-10-19-9-8-17(2)23(14-19)31-4/h5-9,14-15H,10-13H2,1-4H3,(H,29,30)(H,26,27,28). The van der Waals surface area contributed by atoms with Crippen molar-refractivity contribution in [1.82, 2.24) is 9.97 Å². The van der Waals surface area contributed by atoms with E-state index in [1.165, 1.54) is 11.8 Å². The van der Waals surface area contributed by atoms with Gasteiger partial charge in [-0.25, -0.2) is 14.8 Å². The van der Waals surface area contributed by atoms with E-state index in [4.69, 9.17) is 9.47 Å². The highest BCUT2D eigenvalue weighted by atomic mass is 16.5.